The lowest BCUT2D eigenvalue weighted by Gasteiger charge is -2.23. The number of carbonyl (C=O) groups is 1. The van der Waals surface area contributed by atoms with Crippen LogP contribution in [0.5, 0.6) is 0 Å². The molecular weight excluding hydrogens is 328 g/mol. The van der Waals surface area contributed by atoms with Crippen molar-refractivity contribution in [3.63, 3.8) is 0 Å². The predicted molar refractivity (Wildman–Crippen MR) is 91.6 cm³/mol. The summed E-state index contributed by atoms with van der Waals surface area (Å²) in [7, 11) is 0. The van der Waals surface area contributed by atoms with Crippen LogP contribution in [-0.2, 0) is 4.74 Å². The van der Waals surface area contributed by atoms with E-state index in [2.05, 4.69) is 10.3 Å². The van der Waals surface area contributed by atoms with Crippen LogP contribution in [0.1, 0.15) is 29.5 Å². The molecule has 7 heteroatoms. The van der Waals surface area contributed by atoms with Crippen LogP contribution in [0, 0.1) is 12.8 Å². The number of hydrogen-bond donors (Lipinski definition) is 0. The molecule has 0 spiro atoms. The number of nitrogens with zero attached hydrogens (tertiary/aromatic N) is 4. The summed E-state index contributed by atoms with van der Waals surface area (Å²) < 4.78 is 7.02. The van der Waals surface area contributed by atoms with Crippen molar-refractivity contribution in [2.45, 2.75) is 20.3 Å². The van der Waals surface area contributed by atoms with E-state index in [1.165, 1.54) is 0 Å². The maximum atomic E-state index is 12.9. The van der Waals surface area contributed by atoms with Crippen LogP contribution in [-0.4, -0.2) is 52.1 Å². The van der Waals surface area contributed by atoms with Crippen molar-refractivity contribution in [2.75, 3.05) is 26.3 Å². The predicted octanol–water partition coefficient (Wildman–Crippen LogP) is 2.73. The van der Waals surface area contributed by atoms with Crippen molar-refractivity contribution in [3.05, 3.63) is 40.7 Å². The quantitative estimate of drug-likeness (QED) is 0.833. The highest BCUT2D eigenvalue weighted by Crippen LogP contribution is 2.22. The molecule has 0 bridgehead atoms. The molecule has 1 fully saturated rings. The fraction of sp³-hybridized carbons (Fsp3) is 0.471. The van der Waals surface area contributed by atoms with Gasteiger partial charge in [0.25, 0.3) is 5.91 Å². The molecule has 1 aromatic heterocycles. The summed E-state index contributed by atoms with van der Waals surface area (Å²) in [6.07, 6.45) is 0.995. The zero-order chi connectivity index (χ0) is 17.1. The highest BCUT2D eigenvalue weighted by atomic mass is 35.5. The van der Waals surface area contributed by atoms with Gasteiger partial charge in [-0.25, -0.2) is 4.68 Å². The largest absolute Gasteiger partial charge is 0.381 e. The van der Waals surface area contributed by atoms with E-state index < -0.39 is 0 Å². The number of aromatic nitrogens is 3. The molecule has 1 saturated heterocycles. The standard InChI is InChI=1S/C17H21ClN4O2/c1-3-21(10-13-8-9-24-11-13)17(23)16-12(2)22(20-19-16)15-7-5-4-6-14(15)18/h4-7,13H,3,8-11H2,1-2H3/t13-/m1/s1. The number of amides is 1. The van der Waals surface area contributed by atoms with Gasteiger partial charge in [0.05, 0.1) is 23.0 Å². The van der Waals surface area contributed by atoms with Crippen LogP contribution in [0.3, 0.4) is 0 Å². The lowest BCUT2D eigenvalue weighted by Crippen LogP contribution is -2.36. The molecule has 0 N–H and O–H groups in total. The second-order valence-electron chi connectivity index (χ2n) is 5.96. The van der Waals surface area contributed by atoms with E-state index in [1.807, 2.05) is 36.9 Å². The fourth-order valence-electron chi connectivity index (χ4n) is 2.92. The topological polar surface area (TPSA) is 60.2 Å². The van der Waals surface area contributed by atoms with Crippen LogP contribution in [0.15, 0.2) is 24.3 Å². The Kier molecular flexibility index (Phi) is 5.16. The van der Waals surface area contributed by atoms with E-state index in [0.29, 0.717) is 35.4 Å². The van der Waals surface area contributed by atoms with Crippen LogP contribution in [0.4, 0.5) is 0 Å². The number of para-hydroxylation sites is 1. The van der Waals surface area contributed by atoms with Gasteiger partial charge in [0.15, 0.2) is 5.69 Å². The Morgan fingerprint density at radius 1 is 1.46 bits per heavy atom. The summed E-state index contributed by atoms with van der Waals surface area (Å²) in [4.78, 5) is 14.7. The van der Waals surface area contributed by atoms with Gasteiger partial charge in [0.2, 0.25) is 0 Å². The number of ether oxygens (including phenoxy) is 1. The van der Waals surface area contributed by atoms with Gasteiger partial charge in [-0.3, -0.25) is 4.79 Å². The van der Waals surface area contributed by atoms with Crippen molar-refractivity contribution >= 4 is 17.5 Å². The fourth-order valence-corrected chi connectivity index (χ4v) is 3.14. The molecule has 1 atom stereocenters. The lowest BCUT2D eigenvalue weighted by molar-refractivity contribution is 0.0724. The SMILES string of the molecule is CCN(C[C@H]1CCOC1)C(=O)c1nnn(-c2ccccc2Cl)c1C. The maximum Gasteiger partial charge on any atom is 0.276 e. The second-order valence-corrected chi connectivity index (χ2v) is 6.37. The number of benzene rings is 1. The minimum Gasteiger partial charge on any atom is -0.381 e. The van der Waals surface area contributed by atoms with Crippen LogP contribution < -0.4 is 0 Å². The van der Waals surface area contributed by atoms with E-state index in [0.717, 1.165) is 25.3 Å². The maximum absolute atomic E-state index is 12.9. The van der Waals surface area contributed by atoms with E-state index >= 15 is 0 Å². The normalized spacial score (nSPS) is 17.2. The minimum atomic E-state index is -0.0970. The minimum absolute atomic E-state index is 0.0970. The zero-order valence-electron chi connectivity index (χ0n) is 13.9. The molecule has 6 nitrogen and oxygen atoms in total. The van der Waals surface area contributed by atoms with Gasteiger partial charge >= 0.3 is 0 Å². The van der Waals surface area contributed by atoms with Crippen molar-refractivity contribution in [2.24, 2.45) is 5.92 Å². The molecule has 0 aliphatic carbocycles. The van der Waals surface area contributed by atoms with Crippen LogP contribution in [0.25, 0.3) is 5.69 Å². The molecule has 24 heavy (non-hydrogen) atoms. The third-order valence-electron chi connectivity index (χ3n) is 4.35. The molecule has 128 valence electrons. The Bertz CT molecular complexity index is 725. The average Bonchev–Trinajstić information content (AvgIpc) is 3.22. The van der Waals surface area contributed by atoms with Gasteiger partial charge in [-0.05, 0) is 32.4 Å². The lowest BCUT2D eigenvalue weighted by atomic mass is 10.1. The molecule has 2 heterocycles. The number of hydrogen-bond acceptors (Lipinski definition) is 4. The molecular formula is C17H21ClN4O2. The molecule has 2 aromatic rings. The molecule has 0 radical (unpaired) electrons. The van der Waals surface area contributed by atoms with E-state index in [4.69, 9.17) is 16.3 Å². The first kappa shape index (κ1) is 16.9. The third-order valence-corrected chi connectivity index (χ3v) is 4.67. The van der Waals surface area contributed by atoms with E-state index in [1.54, 1.807) is 10.7 Å². The summed E-state index contributed by atoms with van der Waals surface area (Å²) in [5.74, 6) is 0.299. The van der Waals surface area contributed by atoms with Gasteiger partial charge in [-0.15, -0.1) is 5.10 Å². The van der Waals surface area contributed by atoms with Gasteiger partial charge < -0.3 is 9.64 Å². The summed E-state index contributed by atoms with van der Waals surface area (Å²) >= 11 is 6.22. The Morgan fingerprint density at radius 3 is 2.92 bits per heavy atom. The summed E-state index contributed by atoms with van der Waals surface area (Å²) in [5, 5.41) is 8.80. The smallest absolute Gasteiger partial charge is 0.276 e. The van der Waals surface area contributed by atoms with Crippen molar-refractivity contribution in [1.82, 2.24) is 19.9 Å². The molecule has 1 aliphatic rings. The molecule has 1 aliphatic heterocycles. The molecule has 0 saturated carbocycles. The Morgan fingerprint density at radius 2 is 2.25 bits per heavy atom. The Hall–Kier alpha value is -1.92. The first-order valence-electron chi connectivity index (χ1n) is 8.16. The van der Waals surface area contributed by atoms with E-state index in [-0.39, 0.29) is 5.91 Å². The molecule has 3 rings (SSSR count). The Balaban J connectivity index is 1.84. The summed E-state index contributed by atoms with van der Waals surface area (Å²) in [6, 6.07) is 7.37. The van der Waals surface area contributed by atoms with Crippen molar-refractivity contribution in [1.29, 1.82) is 0 Å². The van der Waals surface area contributed by atoms with Crippen LogP contribution in [0.2, 0.25) is 5.02 Å². The van der Waals surface area contributed by atoms with Gasteiger partial charge in [-0.1, -0.05) is 28.9 Å². The third kappa shape index (κ3) is 3.30. The number of rotatable bonds is 5. The monoisotopic (exact) mass is 348 g/mol. The average molecular weight is 349 g/mol. The second kappa shape index (κ2) is 7.32. The van der Waals surface area contributed by atoms with Gasteiger partial charge in [0.1, 0.15) is 0 Å². The Labute approximate surface area is 146 Å². The first-order valence-corrected chi connectivity index (χ1v) is 8.53. The van der Waals surface area contributed by atoms with Crippen molar-refractivity contribution in [3.8, 4) is 5.69 Å². The summed E-state index contributed by atoms with van der Waals surface area (Å²) in [6.45, 7) is 6.62. The van der Waals surface area contributed by atoms with Crippen LogP contribution >= 0.6 is 11.6 Å². The number of halogens is 1. The number of carbonyl (C=O) groups excluding carboxylic acids is 1. The zero-order valence-corrected chi connectivity index (χ0v) is 14.7. The summed E-state index contributed by atoms with van der Waals surface area (Å²) in [5.41, 5.74) is 1.78. The van der Waals surface area contributed by atoms with E-state index in [9.17, 15) is 4.79 Å². The molecule has 1 amide bonds. The van der Waals surface area contributed by atoms with Gasteiger partial charge in [-0.2, -0.15) is 0 Å². The molecule has 0 unspecified atom stereocenters. The van der Waals surface area contributed by atoms with Crippen molar-refractivity contribution < 1.29 is 9.53 Å². The highest BCUT2D eigenvalue weighted by molar-refractivity contribution is 6.32. The highest BCUT2D eigenvalue weighted by Gasteiger charge is 2.26. The van der Waals surface area contributed by atoms with Gasteiger partial charge in [0, 0.05) is 25.6 Å². The first-order chi connectivity index (χ1) is 11.6. The molecule has 1 aromatic carbocycles.